The average molecular weight is 245 g/mol. The number of rotatable bonds is 3. The second-order valence-corrected chi connectivity index (χ2v) is 3.30. The van der Waals surface area contributed by atoms with E-state index in [1.165, 1.54) is 0 Å². The molecule has 0 aromatic heterocycles. The highest BCUT2D eigenvalue weighted by atomic mass is 19.4. The third-order valence-electron chi connectivity index (χ3n) is 2.04. The Hall–Kier alpha value is -1.70. The van der Waals surface area contributed by atoms with Gasteiger partial charge in [0, 0.05) is 13.0 Å². The number of alkyl halides is 3. The van der Waals surface area contributed by atoms with E-state index >= 15 is 0 Å². The molecule has 0 aliphatic rings. The fourth-order valence-corrected chi connectivity index (χ4v) is 1.22. The first kappa shape index (κ1) is 13.4. The Morgan fingerprint density at radius 2 is 2.00 bits per heavy atom. The van der Waals surface area contributed by atoms with Crippen LogP contribution in [0.25, 0.3) is 0 Å². The topological polar surface area (TPSA) is 12.0 Å². The Bertz CT molecular complexity index is 440. The molecule has 0 spiro atoms. The Balaban J connectivity index is 2.79. The number of hydrogen-bond acceptors (Lipinski definition) is 1. The van der Waals surface area contributed by atoms with Gasteiger partial charge in [-0.1, -0.05) is 0 Å². The maximum Gasteiger partial charge on any atom is 0.416 e. The van der Waals surface area contributed by atoms with Crippen LogP contribution in [0, 0.1) is 17.7 Å². The molecule has 0 fully saturated rings. The smallest absolute Gasteiger partial charge is 0.382 e. The van der Waals surface area contributed by atoms with Crippen LogP contribution in [0.4, 0.5) is 23.2 Å². The summed E-state index contributed by atoms with van der Waals surface area (Å²) in [6.07, 6.45) is -4.01. The predicted molar refractivity (Wildman–Crippen MR) is 58.0 cm³/mol. The van der Waals surface area contributed by atoms with Crippen LogP contribution >= 0.6 is 0 Å². The minimum atomic E-state index is -4.46. The number of benzene rings is 1. The Kier molecular flexibility index (Phi) is 4.38. The molecule has 5 heteroatoms. The van der Waals surface area contributed by atoms with Crippen molar-refractivity contribution in [1.29, 1.82) is 0 Å². The van der Waals surface area contributed by atoms with Crippen LogP contribution in [-0.2, 0) is 6.18 Å². The summed E-state index contributed by atoms with van der Waals surface area (Å²) in [6, 6.07) is 2.28. The molecule has 0 saturated heterocycles. The molecule has 0 atom stereocenters. The lowest BCUT2D eigenvalue weighted by atomic mass is 10.2. The summed E-state index contributed by atoms with van der Waals surface area (Å²) in [5.41, 5.74) is -1.03. The standard InChI is InChI=1S/C12H11F4N/c1-2-3-4-7-17-11-8-9(12(14,15)16)5-6-10(11)13/h5-6,8,17H,4,7H2,1H3. The molecule has 1 rings (SSSR count). The van der Waals surface area contributed by atoms with Crippen molar-refractivity contribution in [2.75, 3.05) is 11.9 Å². The SMILES string of the molecule is CC#CCCNc1cc(C(F)(F)F)ccc1F. The van der Waals surface area contributed by atoms with Crippen molar-refractivity contribution >= 4 is 5.69 Å². The van der Waals surface area contributed by atoms with Crippen LogP contribution in [0.5, 0.6) is 0 Å². The Morgan fingerprint density at radius 3 is 2.59 bits per heavy atom. The van der Waals surface area contributed by atoms with Gasteiger partial charge in [0.15, 0.2) is 0 Å². The Morgan fingerprint density at radius 1 is 1.29 bits per heavy atom. The molecule has 0 saturated carbocycles. The average Bonchev–Trinajstić information content (AvgIpc) is 2.25. The van der Waals surface area contributed by atoms with E-state index in [2.05, 4.69) is 17.2 Å². The summed E-state index contributed by atoms with van der Waals surface area (Å²) >= 11 is 0. The van der Waals surface area contributed by atoms with E-state index in [1.54, 1.807) is 6.92 Å². The zero-order valence-electron chi connectivity index (χ0n) is 9.16. The number of halogens is 4. The molecule has 0 amide bonds. The highest BCUT2D eigenvalue weighted by Crippen LogP contribution is 2.31. The van der Waals surface area contributed by atoms with E-state index in [0.717, 1.165) is 12.1 Å². The normalized spacial score (nSPS) is 10.6. The van der Waals surface area contributed by atoms with Gasteiger partial charge in [0.1, 0.15) is 5.82 Å². The quantitative estimate of drug-likeness (QED) is 0.486. The predicted octanol–water partition coefficient (Wildman–Crippen LogP) is 3.67. The van der Waals surface area contributed by atoms with E-state index in [-0.39, 0.29) is 5.69 Å². The molecule has 0 heterocycles. The lowest BCUT2D eigenvalue weighted by Gasteiger charge is -2.10. The van der Waals surface area contributed by atoms with Crippen LogP contribution in [0.2, 0.25) is 0 Å². The lowest BCUT2D eigenvalue weighted by Crippen LogP contribution is -2.08. The van der Waals surface area contributed by atoms with E-state index in [1.807, 2.05) is 0 Å². The van der Waals surface area contributed by atoms with E-state index in [4.69, 9.17) is 0 Å². The van der Waals surface area contributed by atoms with Gasteiger partial charge in [-0.15, -0.1) is 11.8 Å². The van der Waals surface area contributed by atoms with Gasteiger partial charge in [-0.25, -0.2) is 4.39 Å². The summed E-state index contributed by atoms with van der Waals surface area (Å²) in [5.74, 6) is 4.66. The second kappa shape index (κ2) is 5.58. The van der Waals surface area contributed by atoms with Gasteiger partial charge in [0.2, 0.25) is 0 Å². The van der Waals surface area contributed by atoms with Gasteiger partial charge in [0.25, 0.3) is 0 Å². The molecule has 1 aromatic rings. The van der Waals surface area contributed by atoms with E-state index in [0.29, 0.717) is 19.0 Å². The van der Waals surface area contributed by atoms with Crippen molar-refractivity contribution in [3.05, 3.63) is 29.6 Å². The highest BCUT2D eigenvalue weighted by Gasteiger charge is 2.31. The van der Waals surface area contributed by atoms with Crippen molar-refractivity contribution < 1.29 is 17.6 Å². The third kappa shape index (κ3) is 3.99. The summed E-state index contributed by atoms with van der Waals surface area (Å²) in [5, 5.41) is 2.58. The molecule has 0 bridgehead atoms. The first-order valence-corrected chi connectivity index (χ1v) is 4.95. The fourth-order valence-electron chi connectivity index (χ4n) is 1.22. The van der Waals surface area contributed by atoms with Gasteiger partial charge in [-0.3, -0.25) is 0 Å². The van der Waals surface area contributed by atoms with Crippen LogP contribution in [0.1, 0.15) is 18.9 Å². The zero-order valence-corrected chi connectivity index (χ0v) is 9.16. The van der Waals surface area contributed by atoms with E-state index in [9.17, 15) is 17.6 Å². The number of anilines is 1. The minimum Gasteiger partial charge on any atom is -0.382 e. The molecule has 92 valence electrons. The Labute approximate surface area is 96.8 Å². The lowest BCUT2D eigenvalue weighted by molar-refractivity contribution is -0.137. The largest absolute Gasteiger partial charge is 0.416 e. The van der Waals surface area contributed by atoms with Gasteiger partial charge in [-0.05, 0) is 25.1 Å². The number of hydrogen-bond donors (Lipinski definition) is 1. The molecular formula is C12H11F4N. The summed E-state index contributed by atoms with van der Waals surface area (Å²) in [6.45, 7) is 1.96. The van der Waals surface area contributed by atoms with Crippen molar-refractivity contribution in [3.63, 3.8) is 0 Å². The highest BCUT2D eigenvalue weighted by molar-refractivity contribution is 5.48. The second-order valence-electron chi connectivity index (χ2n) is 3.30. The molecule has 0 aliphatic heterocycles. The van der Waals surface area contributed by atoms with Crippen LogP contribution < -0.4 is 5.32 Å². The van der Waals surface area contributed by atoms with E-state index < -0.39 is 17.6 Å². The van der Waals surface area contributed by atoms with Gasteiger partial charge >= 0.3 is 6.18 Å². The first-order valence-electron chi connectivity index (χ1n) is 4.95. The maximum atomic E-state index is 13.2. The molecular weight excluding hydrogens is 234 g/mol. The molecule has 0 aliphatic carbocycles. The number of nitrogens with one attached hydrogen (secondary N) is 1. The zero-order chi connectivity index (χ0) is 12.9. The first-order chi connectivity index (χ1) is 7.95. The van der Waals surface area contributed by atoms with Crippen molar-refractivity contribution in [1.82, 2.24) is 0 Å². The molecule has 1 N–H and O–H groups in total. The molecule has 0 radical (unpaired) electrons. The van der Waals surface area contributed by atoms with Gasteiger partial charge in [0.05, 0.1) is 11.3 Å². The van der Waals surface area contributed by atoms with Crippen molar-refractivity contribution in [3.8, 4) is 11.8 Å². The van der Waals surface area contributed by atoms with Gasteiger partial charge in [-0.2, -0.15) is 13.2 Å². The van der Waals surface area contributed by atoms with Crippen molar-refractivity contribution in [2.24, 2.45) is 0 Å². The molecule has 17 heavy (non-hydrogen) atoms. The summed E-state index contributed by atoms with van der Waals surface area (Å²) in [4.78, 5) is 0. The van der Waals surface area contributed by atoms with Crippen LogP contribution in [0.3, 0.4) is 0 Å². The summed E-state index contributed by atoms with van der Waals surface area (Å²) < 4.78 is 50.3. The molecule has 0 unspecified atom stereocenters. The summed E-state index contributed by atoms with van der Waals surface area (Å²) in [7, 11) is 0. The molecule has 1 aromatic carbocycles. The maximum absolute atomic E-state index is 13.2. The molecule has 1 nitrogen and oxygen atoms in total. The van der Waals surface area contributed by atoms with Gasteiger partial charge < -0.3 is 5.32 Å². The van der Waals surface area contributed by atoms with Crippen molar-refractivity contribution in [2.45, 2.75) is 19.5 Å². The van der Waals surface area contributed by atoms with Crippen LogP contribution in [0.15, 0.2) is 18.2 Å². The minimum absolute atomic E-state index is 0.155. The third-order valence-corrected chi connectivity index (χ3v) is 2.04. The van der Waals surface area contributed by atoms with Crippen LogP contribution in [-0.4, -0.2) is 6.54 Å². The fraction of sp³-hybridized carbons (Fsp3) is 0.333. The monoisotopic (exact) mass is 245 g/mol.